The molecule has 7 nitrogen and oxygen atoms in total. The van der Waals surface area contributed by atoms with Crippen LogP contribution in [0, 0.1) is 18.8 Å². The second-order valence-corrected chi connectivity index (χ2v) is 9.35. The van der Waals surface area contributed by atoms with E-state index in [1.807, 2.05) is 13.1 Å². The van der Waals surface area contributed by atoms with Crippen LogP contribution in [0.15, 0.2) is 6.20 Å². The molecule has 1 amide bonds. The Kier molecular flexibility index (Phi) is 4.93. The van der Waals surface area contributed by atoms with Gasteiger partial charge in [0.05, 0.1) is 24.8 Å². The molecule has 0 unspecified atom stereocenters. The average Bonchev–Trinajstić information content (AvgIpc) is 3.42. The van der Waals surface area contributed by atoms with Gasteiger partial charge in [-0.2, -0.15) is 0 Å². The van der Waals surface area contributed by atoms with E-state index >= 15 is 0 Å². The SMILES string of the molecule is Cc1cnc(CN2C[C@@H]3[C@H](CNC(=O)CN4CCCCC4)[C@H]4CC[C@]3(C2)O4)[nH]1. The number of H-pyrrole nitrogens is 1. The van der Waals surface area contributed by atoms with Gasteiger partial charge in [-0.05, 0) is 45.7 Å². The summed E-state index contributed by atoms with van der Waals surface area (Å²) in [5.74, 6) is 2.19. The summed E-state index contributed by atoms with van der Waals surface area (Å²) >= 11 is 0. The van der Waals surface area contributed by atoms with Crippen molar-refractivity contribution in [1.29, 1.82) is 0 Å². The van der Waals surface area contributed by atoms with E-state index in [0.29, 0.717) is 24.5 Å². The summed E-state index contributed by atoms with van der Waals surface area (Å²) in [5, 5.41) is 3.24. The van der Waals surface area contributed by atoms with Crippen molar-refractivity contribution in [3.63, 3.8) is 0 Å². The number of nitrogens with one attached hydrogen (secondary N) is 2. The number of amides is 1. The first-order valence-corrected chi connectivity index (χ1v) is 11.0. The number of hydrogen-bond acceptors (Lipinski definition) is 5. The number of likely N-dealkylation sites (tertiary alicyclic amines) is 2. The highest BCUT2D eigenvalue weighted by molar-refractivity contribution is 5.78. The van der Waals surface area contributed by atoms with Crippen LogP contribution < -0.4 is 5.32 Å². The second kappa shape index (κ2) is 7.43. The van der Waals surface area contributed by atoms with E-state index in [0.717, 1.165) is 63.6 Å². The van der Waals surface area contributed by atoms with Crippen molar-refractivity contribution in [2.75, 3.05) is 39.3 Å². The van der Waals surface area contributed by atoms with Gasteiger partial charge < -0.3 is 15.0 Å². The fourth-order valence-corrected chi connectivity index (χ4v) is 6.05. The highest BCUT2D eigenvalue weighted by Gasteiger charge is 2.62. The summed E-state index contributed by atoms with van der Waals surface area (Å²) < 4.78 is 6.52. The van der Waals surface area contributed by atoms with Gasteiger partial charge in [0.15, 0.2) is 0 Å². The van der Waals surface area contributed by atoms with E-state index in [4.69, 9.17) is 4.74 Å². The molecule has 0 radical (unpaired) electrons. The van der Waals surface area contributed by atoms with Crippen LogP contribution >= 0.6 is 0 Å². The fourth-order valence-electron chi connectivity index (χ4n) is 6.05. The maximum atomic E-state index is 12.5. The maximum absolute atomic E-state index is 12.5. The Morgan fingerprint density at radius 3 is 3.00 bits per heavy atom. The van der Waals surface area contributed by atoms with Crippen LogP contribution in [0.3, 0.4) is 0 Å². The van der Waals surface area contributed by atoms with Crippen molar-refractivity contribution in [1.82, 2.24) is 25.1 Å². The van der Waals surface area contributed by atoms with Crippen LogP contribution in [0.1, 0.15) is 43.6 Å². The number of aromatic nitrogens is 2. The molecule has 4 saturated heterocycles. The molecule has 0 aliphatic carbocycles. The van der Waals surface area contributed by atoms with E-state index in [1.54, 1.807) is 0 Å². The number of fused-ring (bicyclic) bond motifs is 1. The molecular weight excluding hydrogens is 354 g/mol. The standard InChI is InChI=1S/C21H33N5O2/c1-15-9-22-19(24-15)12-26-11-17-16(18-5-6-21(17,14-26)28-18)10-23-20(27)13-25-7-3-2-4-8-25/h9,16-18H,2-8,10-14H2,1H3,(H,22,24)(H,23,27)/t16-,17+,18+,21+/m0/s1. The zero-order valence-electron chi connectivity index (χ0n) is 17.0. The quantitative estimate of drug-likeness (QED) is 0.770. The first-order chi connectivity index (χ1) is 13.6. The third-order valence-electron chi connectivity index (χ3n) is 7.33. The molecule has 7 heteroatoms. The normalized spacial score (nSPS) is 35.4. The van der Waals surface area contributed by atoms with Crippen molar-refractivity contribution in [3.8, 4) is 0 Å². The Hall–Kier alpha value is -1.44. The summed E-state index contributed by atoms with van der Waals surface area (Å²) in [7, 11) is 0. The van der Waals surface area contributed by atoms with Crippen LogP contribution in [0.4, 0.5) is 0 Å². The van der Waals surface area contributed by atoms with Crippen molar-refractivity contribution in [2.45, 2.75) is 57.3 Å². The number of imidazole rings is 1. The summed E-state index contributed by atoms with van der Waals surface area (Å²) in [5.41, 5.74) is 1.12. The van der Waals surface area contributed by atoms with Gasteiger partial charge in [0.1, 0.15) is 5.82 Å². The molecule has 1 spiro atoms. The number of carbonyl (C=O) groups excluding carboxylic acids is 1. The van der Waals surface area contributed by atoms with Gasteiger partial charge in [-0.3, -0.25) is 14.6 Å². The average molecular weight is 388 g/mol. The van der Waals surface area contributed by atoms with Gasteiger partial charge in [-0.15, -0.1) is 0 Å². The van der Waals surface area contributed by atoms with E-state index in [-0.39, 0.29) is 11.5 Å². The highest BCUT2D eigenvalue weighted by Crippen LogP contribution is 2.54. The Labute approximate surface area is 167 Å². The van der Waals surface area contributed by atoms with Crippen LogP contribution in [0.25, 0.3) is 0 Å². The molecule has 0 saturated carbocycles. The van der Waals surface area contributed by atoms with Crippen molar-refractivity contribution < 1.29 is 9.53 Å². The third kappa shape index (κ3) is 3.48. The fraction of sp³-hybridized carbons (Fsp3) is 0.810. The van der Waals surface area contributed by atoms with E-state index in [1.165, 1.54) is 19.3 Å². The number of piperidine rings is 1. The van der Waals surface area contributed by atoms with Gasteiger partial charge >= 0.3 is 0 Å². The number of aromatic amines is 1. The van der Waals surface area contributed by atoms with Crippen molar-refractivity contribution in [2.24, 2.45) is 11.8 Å². The lowest BCUT2D eigenvalue weighted by atomic mass is 9.73. The Bertz CT molecular complexity index is 715. The van der Waals surface area contributed by atoms with Gasteiger partial charge in [-0.1, -0.05) is 6.42 Å². The van der Waals surface area contributed by atoms with Crippen LogP contribution in [0.5, 0.6) is 0 Å². The monoisotopic (exact) mass is 387 g/mol. The third-order valence-corrected chi connectivity index (χ3v) is 7.33. The van der Waals surface area contributed by atoms with E-state index < -0.39 is 0 Å². The molecule has 1 aromatic heterocycles. The molecule has 28 heavy (non-hydrogen) atoms. The molecule has 2 bridgehead atoms. The van der Waals surface area contributed by atoms with Crippen molar-refractivity contribution in [3.05, 3.63) is 17.7 Å². The minimum Gasteiger partial charge on any atom is -0.370 e. The predicted octanol–water partition coefficient (Wildman–Crippen LogP) is 1.30. The number of aryl methyl sites for hydroxylation is 1. The number of nitrogens with zero attached hydrogens (tertiary/aromatic N) is 3. The number of hydrogen-bond donors (Lipinski definition) is 2. The number of rotatable bonds is 6. The smallest absolute Gasteiger partial charge is 0.234 e. The first kappa shape index (κ1) is 18.6. The lowest BCUT2D eigenvalue weighted by Gasteiger charge is -2.30. The molecule has 0 aromatic carbocycles. The summed E-state index contributed by atoms with van der Waals surface area (Å²) in [6.07, 6.45) is 8.27. The molecule has 5 heterocycles. The van der Waals surface area contributed by atoms with Gasteiger partial charge in [0.2, 0.25) is 5.91 Å². The minimum atomic E-state index is 0.00850. The van der Waals surface area contributed by atoms with E-state index in [2.05, 4.69) is 25.1 Å². The summed E-state index contributed by atoms with van der Waals surface area (Å²) in [4.78, 5) is 25.0. The Morgan fingerprint density at radius 1 is 1.36 bits per heavy atom. The Balaban J connectivity index is 1.16. The molecule has 2 N–H and O–H groups in total. The lowest BCUT2D eigenvalue weighted by molar-refractivity contribution is -0.122. The molecule has 5 rings (SSSR count). The number of carbonyl (C=O) groups is 1. The molecule has 4 fully saturated rings. The first-order valence-electron chi connectivity index (χ1n) is 11.0. The Morgan fingerprint density at radius 2 is 2.21 bits per heavy atom. The molecule has 1 aromatic rings. The van der Waals surface area contributed by atoms with Crippen molar-refractivity contribution >= 4 is 5.91 Å². The maximum Gasteiger partial charge on any atom is 0.234 e. The van der Waals surface area contributed by atoms with Gasteiger partial charge in [0.25, 0.3) is 0 Å². The highest BCUT2D eigenvalue weighted by atomic mass is 16.5. The molecule has 4 aliphatic rings. The summed E-state index contributed by atoms with van der Waals surface area (Å²) in [6.45, 7) is 8.38. The molecular formula is C21H33N5O2. The minimum absolute atomic E-state index is 0.00850. The zero-order chi connectivity index (χ0) is 19.1. The van der Waals surface area contributed by atoms with E-state index in [9.17, 15) is 4.79 Å². The van der Waals surface area contributed by atoms with Crippen LogP contribution in [-0.2, 0) is 16.1 Å². The lowest BCUT2D eigenvalue weighted by Crippen LogP contribution is -2.45. The topological polar surface area (TPSA) is 73.5 Å². The second-order valence-electron chi connectivity index (χ2n) is 9.35. The van der Waals surface area contributed by atoms with Gasteiger partial charge in [0, 0.05) is 43.4 Å². The molecule has 4 aliphatic heterocycles. The molecule has 4 atom stereocenters. The summed E-state index contributed by atoms with van der Waals surface area (Å²) in [6, 6.07) is 0. The predicted molar refractivity (Wildman–Crippen MR) is 106 cm³/mol. The molecule has 154 valence electrons. The van der Waals surface area contributed by atoms with Crippen LogP contribution in [-0.4, -0.2) is 76.6 Å². The largest absolute Gasteiger partial charge is 0.370 e. The van der Waals surface area contributed by atoms with Gasteiger partial charge in [-0.25, -0.2) is 4.98 Å². The number of ether oxygens (including phenoxy) is 1. The zero-order valence-corrected chi connectivity index (χ0v) is 17.0. The van der Waals surface area contributed by atoms with Crippen LogP contribution in [0.2, 0.25) is 0 Å².